The summed E-state index contributed by atoms with van der Waals surface area (Å²) in [5.74, 6) is -0.488. The van der Waals surface area contributed by atoms with Crippen LogP contribution in [0.3, 0.4) is 0 Å². The Morgan fingerprint density at radius 2 is 2.08 bits per heavy atom. The summed E-state index contributed by atoms with van der Waals surface area (Å²) < 4.78 is 0.394. The Labute approximate surface area is 85.6 Å². The molecule has 0 bridgehead atoms. The second kappa shape index (κ2) is 6.22. The maximum Gasteiger partial charge on any atom is 0.237 e. The van der Waals surface area contributed by atoms with E-state index in [0.717, 1.165) is 6.42 Å². The molecule has 0 aromatic carbocycles. The van der Waals surface area contributed by atoms with E-state index in [2.05, 4.69) is 0 Å². The monoisotopic (exact) mass is 284 g/mol. The molecule has 0 aromatic heterocycles. The fourth-order valence-electron chi connectivity index (χ4n) is 0.834. The summed E-state index contributed by atoms with van der Waals surface area (Å²) in [6, 6.07) is 0. The second-order valence-corrected chi connectivity index (χ2v) is 3.18. The van der Waals surface area contributed by atoms with Crippen LogP contribution in [0.15, 0.2) is 0 Å². The number of alkyl halides is 1. The third kappa shape index (κ3) is 4.53. The van der Waals surface area contributed by atoms with Gasteiger partial charge in [0.15, 0.2) is 0 Å². The third-order valence-corrected chi connectivity index (χ3v) is 1.96. The van der Waals surface area contributed by atoms with Crippen LogP contribution in [0.25, 0.3) is 0 Å². The molecule has 0 aliphatic carbocycles. The van der Waals surface area contributed by atoms with Gasteiger partial charge in [-0.15, -0.1) is 0 Å². The van der Waals surface area contributed by atoms with Crippen molar-refractivity contribution in [3.63, 3.8) is 0 Å². The topological polar surface area (TPSA) is 63.4 Å². The van der Waals surface area contributed by atoms with Gasteiger partial charge in [-0.1, -0.05) is 29.5 Å². The quantitative estimate of drug-likeness (QED) is 0.577. The van der Waals surface area contributed by atoms with Gasteiger partial charge < -0.3 is 10.6 Å². The summed E-state index contributed by atoms with van der Waals surface area (Å²) in [5.41, 5.74) is 4.98. The van der Waals surface area contributed by atoms with Gasteiger partial charge >= 0.3 is 0 Å². The summed E-state index contributed by atoms with van der Waals surface area (Å²) >= 11 is 1.97. The molecule has 0 atom stereocenters. The Morgan fingerprint density at radius 1 is 1.50 bits per heavy atom. The van der Waals surface area contributed by atoms with Gasteiger partial charge in [-0.3, -0.25) is 9.59 Å². The van der Waals surface area contributed by atoms with Gasteiger partial charge in [0.05, 0.1) is 11.0 Å². The number of nitrogens with zero attached hydrogens (tertiary/aromatic N) is 1. The van der Waals surface area contributed by atoms with Gasteiger partial charge in [0.1, 0.15) is 0 Å². The summed E-state index contributed by atoms with van der Waals surface area (Å²) in [5, 5.41) is 0. The molecule has 0 radical (unpaired) electrons. The molecule has 0 aliphatic rings. The van der Waals surface area contributed by atoms with Crippen molar-refractivity contribution < 1.29 is 9.59 Å². The zero-order valence-corrected chi connectivity index (χ0v) is 9.20. The lowest BCUT2D eigenvalue weighted by Crippen LogP contribution is -2.39. The van der Waals surface area contributed by atoms with E-state index in [1.54, 1.807) is 0 Å². The first-order valence-electron chi connectivity index (χ1n) is 3.73. The minimum absolute atomic E-state index is 0.0312. The highest BCUT2D eigenvalue weighted by Crippen LogP contribution is 1.95. The zero-order chi connectivity index (χ0) is 9.56. The molecule has 0 rings (SSSR count). The molecule has 2 amide bonds. The number of amides is 2. The van der Waals surface area contributed by atoms with E-state index < -0.39 is 5.91 Å². The average molecular weight is 284 g/mol. The zero-order valence-electron chi connectivity index (χ0n) is 7.05. The summed E-state index contributed by atoms with van der Waals surface area (Å²) in [4.78, 5) is 23.2. The number of halogens is 1. The van der Waals surface area contributed by atoms with Crippen molar-refractivity contribution in [3.05, 3.63) is 0 Å². The Hall–Kier alpha value is -0.330. The SMILES string of the molecule is CCCN(CC(N)=O)C(=O)CI. The molecule has 0 saturated carbocycles. The van der Waals surface area contributed by atoms with E-state index in [9.17, 15) is 9.59 Å². The molecule has 4 nitrogen and oxygen atoms in total. The van der Waals surface area contributed by atoms with Gasteiger partial charge in [-0.25, -0.2) is 0 Å². The van der Waals surface area contributed by atoms with Gasteiger partial charge in [0, 0.05) is 6.54 Å². The number of primary amides is 1. The Bertz CT molecular complexity index is 173. The van der Waals surface area contributed by atoms with Crippen LogP contribution in [-0.2, 0) is 9.59 Å². The maximum atomic E-state index is 11.1. The third-order valence-electron chi connectivity index (χ3n) is 1.31. The molecule has 0 unspecified atom stereocenters. The number of nitrogens with two attached hydrogens (primary N) is 1. The van der Waals surface area contributed by atoms with Crippen molar-refractivity contribution >= 4 is 34.4 Å². The van der Waals surface area contributed by atoms with Crippen molar-refractivity contribution in [2.24, 2.45) is 5.73 Å². The number of carbonyl (C=O) groups excluding carboxylic acids is 2. The van der Waals surface area contributed by atoms with E-state index in [1.165, 1.54) is 4.90 Å². The van der Waals surface area contributed by atoms with Crippen molar-refractivity contribution in [2.45, 2.75) is 13.3 Å². The largest absolute Gasteiger partial charge is 0.368 e. The predicted octanol–water partition coefficient (Wildman–Crippen LogP) is 0.145. The van der Waals surface area contributed by atoms with E-state index >= 15 is 0 Å². The van der Waals surface area contributed by atoms with Crippen molar-refractivity contribution in [1.82, 2.24) is 4.90 Å². The summed E-state index contributed by atoms with van der Waals surface area (Å²) in [6.07, 6.45) is 0.843. The molecule has 0 heterocycles. The Kier molecular flexibility index (Phi) is 6.04. The van der Waals surface area contributed by atoms with Crippen molar-refractivity contribution in [3.8, 4) is 0 Å². The highest BCUT2D eigenvalue weighted by atomic mass is 127. The lowest BCUT2D eigenvalue weighted by molar-refractivity contribution is -0.132. The van der Waals surface area contributed by atoms with Crippen LogP contribution < -0.4 is 5.73 Å². The molecule has 70 valence electrons. The Morgan fingerprint density at radius 3 is 2.42 bits per heavy atom. The standard InChI is InChI=1S/C7H13IN2O2/c1-2-3-10(5-6(9)11)7(12)4-8/h2-5H2,1H3,(H2,9,11). The van der Waals surface area contributed by atoms with E-state index in [0.29, 0.717) is 11.0 Å². The Balaban J connectivity index is 4.02. The number of hydrogen-bond acceptors (Lipinski definition) is 2. The molecule has 5 heteroatoms. The van der Waals surface area contributed by atoms with E-state index in [-0.39, 0.29) is 12.5 Å². The van der Waals surface area contributed by atoms with Gasteiger partial charge in [0.2, 0.25) is 11.8 Å². The molecule has 0 spiro atoms. The number of carbonyl (C=O) groups is 2. The number of rotatable bonds is 5. The molecular weight excluding hydrogens is 271 g/mol. The smallest absolute Gasteiger partial charge is 0.237 e. The van der Waals surface area contributed by atoms with Crippen LogP contribution in [0.4, 0.5) is 0 Å². The van der Waals surface area contributed by atoms with Crippen molar-refractivity contribution in [1.29, 1.82) is 0 Å². The van der Waals surface area contributed by atoms with Crippen molar-refractivity contribution in [2.75, 3.05) is 17.5 Å². The highest BCUT2D eigenvalue weighted by Gasteiger charge is 2.12. The van der Waals surface area contributed by atoms with E-state index in [1.807, 2.05) is 29.5 Å². The van der Waals surface area contributed by atoms with Gasteiger partial charge in [0.25, 0.3) is 0 Å². The van der Waals surface area contributed by atoms with Crippen LogP contribution in [0, 0.1) is 0 Å². The van der Waals surface area contributed by atoms with Crippen LogP contribution >= 0.6 is 22.6 Å². The fraction of sp³-hybridized carbons (Fsp3) is 0.714. The minimum atomic E-state index is -0.457. The van der Waals surface area contributed by atoms with Crippen LogP contribution in [0.5, 0.6) is 0 Å². The van der Waals surface area contributed by atoms with Crippen LogP contribution in [0.1, 0.15) is 13.3 Å². The van der Waals surface area contributed by atoms with Crippen LogP contribution in [0.2, 0.25) is 0 Å². The molecule has 0 saturated heterocycles. The fourth-order valence-corrected chi connectivity index (χ4v) is 1.32. The first kappa shape index (κ1) is 11.7. The summed E-state index contributed by atoms with van der Waals surface area (Å²) in [7, 11) is 0. The highest BCUT2D eigenvalue weighted by molar-refractivity contribution is 14.1. The van der Waals surface area contributed by atoms with E-state index in [4.69, 9.17) is 5.73 Å². The average Bonchev–Trinajstić information content (AvgIpc) is 2.01. The first-order valence-corrected chi connectivity index (χ1v) is 5.26. The number of hydrogen-bond donors (Lipinski definition) is 1. The molecule has 0 aliphatic heterocycles. The summed E-state index contributed by atoms with van der Waals surface area (Å²) in [6.45, 7) is 2.59. The molecule has 0 aromatic rings. The lowest BCUT2D eigenvalue weighted by Gasteiger charge is -2.18. The predicted molar refractivity (Wildman–Crippen MR) is 55.0 cm³/mol. The van der Waals surface area contributed by atoms with Gasteiger partial charge in [-0.2, -0.15) is 0 Å². The normalized spacial score (nSPS) is 9.50. The van der Waals surface area contributed by atoms with Gasteiger partial charge in [-0.05, 0) is 6.42 Å². The first-order chi connectivity index (χ1) is 5.61. The molecule has 0 fully saturated rings. The maximum absolute atomic E-state index is 11.1. The van der Waals surface area contributed by atoms with Crippen LogP contribution in [-0.4, -0.2) is 34.2 Å². The second-order valence-electron chi connectivity index (χ2n) is 2.42. The molecular formula is C7H13IN2O2. The minimum Gasteiger partial charge on any atom is -0.368 e. The lowest BCUT2D eigenvalue weighted by atomic mass is 10.4. The molecule has 2 N–H and O–H groups in total. The molecule has 12 heavy (non-hydrogen) atoms.